The van der Waals surface area contributed by atoms with Crippen molar-refractivity contribution in [1.82, 2.24) is 4.98 Å². The molecule has 0 unspecified atom stereocenters. The molecule has 4 heteroatoms. The first-order valence-electron chi connectivity index (χ1n) is 7.06. The molecule has 3 aromatic rings. The van der Waals surface area contributed by atoms with Crippen LogP contribution in [0.1, 0.15) is 10.4 Å². The highest BCUT2D eigenvalue weighted by Crippen LogP contribution is 2.26. The Morgan fingerprint density at radius 3 is 2.26 bits per heavy atom. The SMILES string of the molecule is O=CC(=O)c1cccnc1-c1ccc(Oc2ccccc2)cc1. The fourth-order valence-electron chi connectivity index (χ4n) is 2.20. The Hall–Kier alpha value is -3.27. The Balaban J connectivity index is 1.88. The molecule has 0 radical (unpaired) electrons. The number of Topliss-reactive ketones (excluding diaryl/α,β-unsaturated/α-hetero) is 1. The molecule has 0 N–H and O–H groups in total. The molecule has 0 fully saturated rings. The fourth-order valence-corrected chi connectivity index (χ4v) is 2.20. The molecule has 0 spiro atoms. The van der Waals surface area contributed by atoms with Crippen molar-refractivity contribution in [2.75, 3.05) is 0 Å². The van der Waals surface area contributed by atoms with Gasteiger partial charge in [-0.1, -0.05) is 18.2 Å². The number of carbonyl (C=O) groups is 2. The quantitative estimate of drug-likeness (QED) is 0.407. The van der Waals surface area contributed by atoms with E-state index in [0.717, 1.165) is 11.3 Å². The van der Waals surface area contributed by atoms with Gasteiger partial charge in [0.05, 0.1) is 11.3 Å². The third kappa shape index (κ3) is 3.32. The Bertz CT molecular complexity index is 827. The van der Waals surface area contributed by atoms with Crippen LogP contribution in [0.5, 0.6) is 11.5 Å². The number of pyridine rings is 1. The van der Waals surface area contributed by atoms with Crippen molar-refractivity contribution < 1.29 is 14.3 Å². The highest BCUT2D eigenvalue weighted by Gasteiger charge is 2.12. The van der Waals surface area contributed by atoms with Crippen molar-refractivity contribution in [3.05, 3.63) is 78.5 Å². The smallest absolute Gasteiger partial charge is 0.227 e. The van der Waals surface area contributed by atoms with Gasteiger partial charge in [0.2, 0.25) is 5.78 Å². The van der Waals surface area contributed by atoms with E-state index in [9.17, 15) is 9.59 Å². The third-order valence-corrected chi connectivity index (χ3v) is 3.29. The second kappa shape index (κ2) is 6.66. The van der Waals surface area contributed by atoms with Gasteiger partial charge in [0.1, 0.15) is 11.5 Å². The molecule has 1 aromatic heterocycles. The van der Waals surface area contributed by atoms with Gasteiger partial charge in [-0.3, -0.25) is 14.6 Å². The number of para-hydroxylation sites is 1. The lowest BCUT2D eigenvalue weighted by Gasteiger charge is -2.08. The van der Waals surface area contributed by atoms with E-state index in [1.54, 1.807) is 30.5 Å². The first-order valence-corrected chi connectivity index (χ1v) is 7.06. The second-order valence-electron chi connectivity index (χ2n) is 4.82. The van der Waals surface area contributed by atoms with Gasteiger partial charge >= 0.3 is 0 Å². The molecular weight excluding hydrogens is 290 g/mol. The van der Waals surface area contributed by atoms with Gasteiger partial charge in [0.15, 0.2) is 6.29 Å². The zero-order chi connectivity index (χ0) is 16.1. The molecule has 2 aromatic carbocycles. The maximum Gasteiger partial charge on any atom is 0.227 e. The van der Waals surface area contributed by atoms with Crippen molar-refractivity contribution in [2.45, 2.75) is 0 Å². The van der Waals surface area contributed by atoms with Crippen LogP contribution in [-0.4, -0.2) is 17.1 Å². The first kappa shape index (κ1) is 14.7. The van der Waals surface area contributed by atoms with Crippen LogP contribution < -0.4 is 4.74 Å². The summed E-state index contributed by atoms with van der Waals surface area (Å²) in [6.45, 7) is 0. The first-order chi connectivity index (χ1) is 11.3. The molecule has 0 saturated heterocycles. The highest BCUT2D eigenvalue weighted by atomic mass is 16.5. The third-order valence-electron chi connectivity index (χ3n) is 3.29. The number of nitrogens with zero attached hydrogens (tertiary/aromatic N) is 1. The van der Waals surface area contributed by atoms with Crippen LogP contribution in [-0.2, 0) is 4.79 Å². The molecule has 0 saturated carbocycles. The molecule has 4 nitrogen and oxygen atoms in total. The summed E-state index contributed by atoms with van der Waals surface area (Å²) >= 11 is 0. The summed E-state index contributed by atoms with van der Waals surface area (Å²) in [5.41, 5.74) is 1.52. The number of carbonyl (C=O) groups excluding carboxylic acids is 2. The molecule has 0 aliphatic carbocycles. The van der Waals surface area contributed by atoms with Crippen LogP contribution in [0, 0.1) is 0 Å². The van der Waals surface area contributed by atoms with Gasteiger partial charge in [-0.25, -0.2) is 0 Å². The number of rotatable bonds is 5. The number of aromatic nitrogens is 1. The van der Waals surface area contributed by atoms with E-state index in [2.05, 4.69) is 4.98 Å². The van der Waals surface area contributed by atoms with E-state index in [1.807, 2.05) is 42.5 Å². The van der Waals surface area contributed by atoms with Crippen molar-refractivity contribution >= 4 is 12.1 Å². The van der Waals surface area contributed by atoms with E-state index < -0.39 is 5.78 Å². The lowest BCUT2D eigenvalue weighted by Crippen LogP contribution is -2.03. The van der Waals surface area contributed by atoms with E-state index in [-0.39, 0.29) is 0 Å². The molecule has 0 aliphatic rings. The Morgan fingerprint density at radius 2 is 1.57 bits per heavy atom. The average molecular weight is 303 g/mol. The largest absolute Gasteiger partial charge is 0.457 e. The Labute approximate surface area is 133 Å². The van der Waals surface area contributed by atoms with Crippen LogP contribution in [0.4, 0.5) is 0 Å². The van der Waals surface area contributed by atoms with Gasteiger partial charge < -0.3 is 4.74 Å². The lowest BCUT2D eigenvalue weighted by atomic mass is 10.0. The van der Waals surface area contributed by atoms with Crippen LogP contribution >= 0.6 is 0 Å². The van der Waals surface area contributed by atoms with Gasteiger partial charge in [0.25, 0.3) is 0 Å². The standard InChI is InChI=1S/C19H13NO3/c21-13-18(22)17-7-4-12-20-19(17)14-8-10-16(11-9-14)23-15-5-2-1-3-6-15/h1-13H. The van der Waals surface area contributed by atoms with E-state index in [4.69, 9.17) is 4.74 Å². The monoisotopic (exact) mass is 303 g/mol. The van der Waals surface area contributed by atoms with E-state index in [0.29, 0.717) is 23.3 Å². The summed E-state index contributed by atoms with van der Waals surface area (Å²) in [7, 11) is 0. The molecular formula is C19H13NO3. The summed E-state index contributed by atoms with van der Waals surface area (Å²) in [6, 6.07) is 19.9. The van der Waals surface area contributed by atoms with Crippen molar-refractivity contribution in [1.29, 1.82) is 0 Å². The molecule has 3 rings (SSSR count). The maximum absolute atomic E-state index is 11.7. The highest BCUT2D eigenvalue weighted by molar-refractivity contribution is 6.34. The minimum atomic E-state index is -0.585. The van der Waals surface area contributed by atoms with E-state index >= 15 is 0 Å². The summed E-state index contributed by atoms with van der Waals surface area (Å²) < 4.78 is 5.72. The van der Waals surface area contributed by atoms with Crippen LogP contribution in [0.3, 0.4) is 0 Å². The van der Waals surface area contributed by atoms with E-state index in [1.165, 1.54) is 0 Å². The van der Waals surface area contributed by atoms with Gasteiger partial charge in [0, 0.05) is 11.8 Å². The number of hydrogen-bond acceptors (Lipinski definition) is 4. The Morgan fingerprint density at radius 1 is 0.870 bits per heavy atom. The number of ketones is 1. The van der Waals surface area contributed by atoms with Gasteiger partial charge in [-0.05, 0) is 48.5 Å². The molecule has 23 heavy (non-hydrogen) atoms. The number of hydrogen-bond donors (Lipinski definition) is 0. The maximum atomic E-state index is 11.7. The van der Waals surface area contributed by atoms with Crippen LogP contribution in [0.2, 0.25) is 0 Å². The average Bonchev–Trinajstić information content (AvgIpc) is 2.62. The zero-order valence-electron chi connectivity index (χ0n) is 12.2. The zero-order valence-corrected chi connectivity index (χ0v) is 12.2. The molecule has 1 heterocycles. The van der Waals surface area contributed by atoms with Crippen molar-refractivity contribution in [3.63, 3.8) is 0 Å². The lowest BCUT2D eigenvalue weighted by molar-refractivity contribution is -0.104. The fraction of sp³-hybridized carbons (Fsp3) is 0. The minimum Gasteiger partial charge on any atom is -0.457 e. The van der Waals surface area contributed by atoms with Crippen LogP contribution in [0.25, 0.3) is 11.3 Å². The van der Waals surface area contributed by atoms with Crippen LogP contribution in [0.15, 0.2) is 72.9 Å². The molecule has 112 valence electrons. The topological polar surface area (TPSA) is 56.3 Å². The molecule has 0 amide bonds. The van der Waals surface area contributed by atoms with Crippen molar-refractivity contribution in [2.24, 2.45) is 0 Å². The Kier molecular flexibility index (Phi) is 4.25. The molecule has 0 atom stereocenters. The van der Waals surface area contributed by atoms with Crippen molar-refractivity contribution in [3.8, 4) is 22.8 Å². The van der Waals surface area contributed by atoms with Gasteiger partial charge in [-0.15, -0.1) is 0 Å². The summed E-state index contributed by atoms with van der Waals surface area (Å²) in [5, 5.41) is 0. The predicted octanol–water partition coefficient (Wildman–Crippen LogP) is 3.92. The summed E-state index contributed by atoms with van der Waals surface area (Å²) in [5.74, 6) is 0.840. The second-order valence-corrected chi connectivity index (χ2v) is 4.82. The number of ether oxygens (including phenoxy) is 1. The molecule has 0 aliphatic heterocycles. The summed E-state index contributed by atoms with van der Waals surface area (Å²) in [4.78, 5) is 26.6. The molecule has 0 bridgehead atoms. The number of benzene rings is 2. The predicted molar refractivity (Wildman–Crippen MR) is 86.6 cm³/mol. The van der Waals surface area contributed by atoms with Gasteiger partial charge in [-0.2, -0.15) is 0 Å². The minimum absolute atomic E-state index is 0.291. The number of aldehydes is 1. The normalized spacial score (nSPS) is 10.1. The summed E-state index contributed by atoms with van der Waals surface area (Å²) in [6.07, 6.45) is 1.89.